The van der Waals surface area contributed by atoms with Gasteiger partial charge in [0.05, 0.1) is 28.4 Å². The van der Waals surface area contributed by atoms with Crippen molar-refractivity contribution in [2.75, 3.05) is 16.3 Å². The van der Waals surface area contributed by atoms with E-state index in [1.807, 2.05) is 42.5 Å². The van der Waals surface area contributed by atoms with Crippen LogP contribution in [0.15, 0.2) is 84.9 Å². The number of imide groups is 1. The molecule has 7 nitrogen and oxygen atoms in total. The molecule has 0 bridgehead atoms. The van der Waals surface area contributed by atoms with Crippen molar-refractivity contribution >= 4 is 45.8 Å². The molecule has 1 saturated heterocycles. The summed E-state index contributed by atoms with van der Waals surface area (Å²) in [7, 11) is 0. The molecule has 6 rings (SSSR count). The largest absolute Gasteiger partial charge is 0.426 e. The Morgan fingerprint density at radius 2 is 1.49 bits per heavy atom. The third kappa shape index (κ3) is 3.76. The average molecular weight is 491 g/mol. The van der Waals surface area contributed by atoms with Gasteiger partial charge in [-0.2, -0.15) is 0 Å². The van der Waals surface area contributed by atoms with Gasteiger partial charge in [0.25, 0.3) is 11.8 Å². The summed E-state index contributed by atoms with van der Waals surface area (Å²) in [5.74, 6) is -1.71. The van der Waals surface area contributed by atoms with Gasteiger partial charge in [-0.1, -0.05) is 48.5 Å². The van der Waals surface area contributed by atoms with E-state index in [1.54, 1.807) is 54.3 Å². The molecule has 182 valence electrons. The Labute approximate surface area is 212 Å². The minimum Gasteiger partial charge on any atom is -0.426 e. The van der Waals surface area contributed by atoms with Crippen LogP contribution in [-0.2, 0) is 9.59 Å². The molecule has 0 aliphatic carbocycles. The molecule has 37 heavy (non-hydrogen) atoms. The van der Waals surface area contributed by atoms with E-state index in [0.717, 1.165) is 21.4 Å². The third-order valence-corrected chi connectivity index (χ3v) is 6.94. The zero-order valence-electron chi connectivity index (χ0n) is 20.0. The van der Waals surface area contributed by atoms with Gasteiger partial charge in [0.2, 0.25) is 5.91 Å². The summed E-state index contributed by atoms with van der Waals surface area (Å²) in [5, 5.41) is 1.97. The minimum absolute atomic E-state index is 0.0637. The maximum Gasteiger partial charge on any atom is 0.316 e. The smallest absolute Gasteiger partial charge is 0.316 e. The number of amides is 3. The van der Waals surface area contributed by atoms with Gasteiger partial charge < -0.3 is 9.64 Å². The molecule has 3 amide bonds. The van der Waals surface area contributed by atoms with Crippen molar-refractivity contribution in [3.63, 3.8) is 0 Å². The van der Waals surface area contributed by atoms with Crippen molar-refractivity contribution in [3.8, 4) is 5.75 Å². The number of benzene rings is 4. The Morgan fingerprint density at radius 1 is 0.811 bits per heavy atom. The molecule has 1 fully saturated rings. The number of carbonyl (C=O) groups excluding carboxylic acids is 4. The first-order valence-electron chi connectivity index (χ1n) is 12.0. The molecule has 0 saturated carbocycles. The van der Waals surface area contributed by atoms with Crippen LogP contribution in [0.2, 0.25) is 0 Å². The Balaban J connectivity index is 1.19. The Kier molecular flexibility index (Phi) is 5.34. The maximum atomic E-state index is 13.0. The predicted molar refractivity (Wildman–Crippen MR) is 139 cm³/mol. The van der Waals surface area contributed by atoms with E-state index >= 15 is 0 Å². The zero-order chi connectivity index (χ0) is 25.7. The number of ether oxygens (including phenoxy) is 1. The molecule has 0 unspecified atom stereocenters. The third-order valence-electron chi connectivity index (χ3n) is 6.94. The first kappa shape index (κ1) is 22.7. The normalized spacial score (nSPS) is 17.0. The zero-order valence-corrected chi connectivity index (χ0v) is 20.0. The SMILES string of the molecule is Cc1cc(OC(=O)[C@H]2CC(=O)N(c3cccc4ccccc34)C2)ccc1N1C(=O)c2ccccc2C1=O. The van der Waals surface area contributed by atoms with Gasteiger partial charge in [-0.15, -0.1) is 0 Å². The second kappa shape index (κ2) is 8.71. The summed E-state index contributed by atoms with van der Waals surface area (Å²) < 4.78 is 5.63. The van der Waals surface area contributed by atoms with Crippen LogP contribution >= 0.6 is 0 Å². The highest BCUT2D eigenvalue weighted by Crippen LogP contribution is 2.34. The molecule has 4 aromatic carbocycles. The van der Waals surface area contributed by atoms with E-state index in [1.165, 1.54) is 0 Å². The van der Waals surface area contributed by atoms with Crippen molar-refractivity contribution in [1.82, 2.24) is 0 Å². The van der Waals surface area contributed by atoms with E-state index in [9.17, 15) is 19.2 Å². The first-order valence-corrected chi connectivity index (χ1v) is 12.0. The van der Waals surface area contributed by atoms with E-state index in [4.69, 9.17) is 4.74 Å². The average Bonchev–Trinajstić information content (AvgIpc) is 3.41. The van der Waals surface area contributed by atoms with Gasteiger partial charge in [0.1, 0.15) is 5.75 Å². The van der Waals surface area contributed by atoms with Crippen LogP contribution in [-0.4, -0.2) is 30.2 Å². The van der Waals surface area contributed by atoms with Gasteiger partial charge in [0.15, 0.2) is 0 Å². The van der Waals surface area contributed by atoms with Gasteiger partial charge in [-0.3, -0.25) is 19.2 Å². The van der Waals surface area contributed by atoms with E-state index in [0.29, 0.717) is 28.1 Å². The number of hydrogen-bond donors (Lipinski definition) is 0. The minimum atomic E-state index is -0.609. The van der Waals surface area contributed by atoms with Gasteiger partial charge in [-0.05, 0) is 54.3 Å². The van der Waals surface area contributed by atoms with Gasteiger partial charge >= 0.3 is 5.97 Å². The topological polar surface area (TPSA) is 84.0 Å². The summed E-state index contributed by atoms with van der Waals surface area (Å²) in [6.45, 7) is 1.98. The van der Waals surface area contributed by atoms with E-state index < -0.39 is 11.9 Å². The molecule has 1 atom stereocenters. The van der Waals surface area contributed by atoms with Crippen LogP contribution in [0.1, 0.15) is 32.7 Å². The fourth-order valence-electron chi connectivity index (χ4n) is 5.09. The molecule has 4 aromatic rings. The van der Waals surface area contributed by atoms with Crippen molar-refractivity contribution in [1.29, 1.82) is 0 Å². The second-order valence-corrected chi connectivity index (χ2v) is 9.26. The second-order valence-electron chi connectivity index (χ2n) is 9.26. The summed E-state index contributed by atoms with van der Waals surface area (Å²) in [6.07, 6.45) is 0.0637. The number of aryl methyl sites for hydroxylation is 1. The number of nitrogens with zero attached hydrogens (tertiary/aromatic N) is 2. The quantitative estimate of drug-likeness (QED) is 0.231. The van der Waals surface area contributed by atoms with E-state index in [-0.39, 0.29) is 30.7 Å². The predicted octanol–water partition coefficient (Wildman–Crippen LogP) is 4.91. The fraction of sp³-hybridized carbons (Fsp3) is 0.133. The molecule has 0 radical (unpaired) electrons. The van der Waals surface area contributed by atoms with Crippen molar-refractivity contribution < 1.29 is 23.9 Å². The highest BCUT2D eigenvalue weighted by atomic mass is 16.5. The molecular formula is C30H22N2O5. The molecule has 0 spiro atoms. The summed E-state index contributed by atoms with van der Waals surface area (Å²) in [4.78, 5) is 54.3. The summed E-state index contributed by atoms with van der Waals surface area (Å²) in [6, 6.07) is 25.1. The lowest BCUT2D eigenvalue weighted by atomic mass is 10.1. The van der Waals surface area contributed by atoms with Crippen molar-refractivity contribution in [2.24, 2.45) is 5.92 Å². The van der Waals surface area contributed by atoms with Crippen LogP contribution in [0.4, 0.5) is 11.4 Å². The monoisotopic (exact) mass is 490 g/mol. The van der Waals surface area contributed by atoms with Gasteiger partial charge in [0, 0.05) is 18.4 Å². The van der Waals surface area contributed by atoms with E-state index in [2.05, 4.69) is 0 Å². The summed E-state index contributed by atoms with van der Waals surface area (Å²) in [5.41, 5.74) is 2.55. The number of fused-ring (bicyclic) bond motifs is 2. The number of anilines is 2. The molecule has 2 heterocycles. The number of esters is 1. The Morgan fingerprint density at radius 3 is 2.22 bits per heavy atom. The Hall–Kier alpha value is -4.78. The number of rotatable bonds is 4. The standard InChI is InChI=1S/C30H22N2O5/c1-18-15-21(13-14-25(18)32-28(34)23-10-4-5-11-24(23)29(32)35)37-30(36)20-16-27(33)31(17-20)26-12-6-8-19-7-2-3-9-22(19)26/h2-15,20H,16-17H2,1H3/t20-/m0/s1. The molecule has 2 aliphatic rings. The number of hydrogen-bond acceptors (Lipinski definition) is 5. The molecule has 7 heteroatoms. The lowest BCUT2D eigenvalue weighted by Gasteiger charge is -2.19. The molecular weight excluding hydrogens is 468 g/mol. The molecule has 0 N–H and O–H groups in total. The van der Waals surface area contributed by atoms with Crippen molar-refractivity contribution in [2.45, 2.75) is 13.3 Å². The van der Waals surface area contributed by atoms with Crippen LogP contribution in [0.3, 0.4) is 0 Å². The highest BCUT2D eigenvalue weighted by Gasteiger charge is 2.38. The Bertz CT molecular complexity index is 1590. The van der Waals surface area contributed by atoms with Crippen LogP contribution in [0.5, 0.6) is 5.75 Å². The first-order chi connectivity index (χ1) is 17.9. The highest BCUT2D eigenvalue weighted by molar-refractivity contribution is 6.34. The molecule has 0 aromatic heterocycles. The maximum absolute atomic E-state index is 13.0. The van der Waals surface area contributed by atoms with Crippen LogP contribution in [0, 0.1) is 12.8 Å². The van der Waals surface area contributed by atoms with Crippen LogP contribution < -0.4 is 14.5 Å². The number of carbonyl (C=O) groups is 4. The molecule has 2 aliphatic heterocycles. The van der Waals surface area contributed by atoms with Gasteiger partial charge in [-0.25, -0.2) is 4.90 Å². The lowest BCUT2D eigenvalue weighted by Crippen LogP contribution is -2.30. The van der Waals surface area contributed by atoms with Crippen molar-refractivity contribution in [3.05, 3.63) is 102 Å². The van der Waals surface area contributed by atoms with Crippen LogP contribution in [0.25, 0.3) is 10.8 Å². The summed E-state index contributed by atoms with van der Waals surface area (Å²) >= 11 is 0. The lowest BCUT2D eigenvalue weighted by molar-refractivity contribution is -0.139. The fourth-order valence-corrected chi connectivity index (χ4v) is 5.09.